The maximum absolute atomic E-state index is 13.4. The number of hydrogen-bond acceptors (Lipinski definition) is 0. The minimum atomic E-state index is -4.70. The van der Waals surface area contributed by atoms with Crippen molar-refractivity contribution in [3.8, 4) is 11.1 Å². The number of fused-ring (bicyclic) bond motifs is 3. The van der Waals surface area contributed by atoms with Gasteiger partial charge in [0.05, 0.1) is 0 Å². The van der Waals surface area contributed by atoms with Crippen LogP contribution in [0.1, 0.15) is 0 Å². The number of rotatable bonds is 0. The molecule has 0 saturated heterocycles. The third kappa shape index (κ3) is 1.67. The summed E-state index contributed by atoms with van der Waals surface area (Å²) >= 11 is 0. The summed E-state index contributed by atoms with van der Waals surface area (Å²) in [7, 11) is 2.09. The standard InChI is InChI=1S/C13H6ClF5S/c14-20(13(17,18)19)11-3-1-7(15)5-9(11)10-6-8(16)2-4-12(10)20/h1-6H. The molecule has 0 saturated carbocycles. The molecule has 1 aliphatic rings. The van der Waals surface area contributed by atoms with E-state index in [0.717, 1.165) is 36.4 Å². The van der Waals surface area contributed by atoms with Crippen molar-refractivity contribution in [1.29, 1.82) is 0 Å². The minimum absolute atomic E-state index is 0.00169. The Balaban J connectivity index is 2.42. The summed E-state index contributed by atoms with van der Waals surface area (Å²) in [6.45, 7) is 0. The first-order valence-corrected chi connectivity index (χ1v) is 7.90. The lowest BCUT2D eigenvalue weighted by Crippen LogP contribution is -2.14. The van der Waals surface area contributed by atoms with Crippen LogP contribution < -0.4 is 0 Å². The highest BCUT2D eigenvalue weighted by Gasteiger charge is 2.56. The van der Waals surface area contributed by atoms with Gasteiger partial charge in [0, 0.05) is 9.79 Å². The highest BCUT2D eigenvalue weighted by Crippen LogP contribution is 2.82. The van der Waals surface area contributed by atoms with Gasteiger partial charge in [0.15, 0.2) is 0 Å². The molecule has 20 heavy (non-hydrogen) atoms. The third-order valence-corrected chi connectivity index (χ3v) is 7.18. The van der Waals surface area contributed by atoms with E-state index in [4.69, 9.17) is 10.7 Å². The van der Waals surface area contributed by atoms with E-state index in [0.29, 0.717) is 0 Å². The zero-order chi connectivity index (χ0) is 14.7. The molecule has 7 heteroatoms. The molecular weight excluding hydrogens is 319 g/mol. The van der Waals surface area contributed by atoms with Crippen molar-refractivity contribution in [3.63, 3.8) is 0 Å². The zero-order valence-corrected chi connectivity index (χ0v) is 11.2. The van der Waals surface area contributed by atoms with Crippen molar-refractivity contribution < 1.29 is 22.0 Å². The maximum Gasteiger partial charge on any atom is 0.446 e. The molecule has 1 heterocycles. The van der Waals surface area contributed by atoms with Crippen LogP contribution in [0.5, 0.6) is 0 Å². The topological polar surface area (TPSA) is 0 Å². The molecule has 0 aromatic heterocycles. The Morgan fingerprint density at radius 2 is 1.20 bits per heavy atom. The van der Waals surface area contributed by atoms with E-state index >= 15 is 0 Å². The van der Waals surface area contributed by atoms with Gasteiger partial charge >= 0.3 is 5.51 Å². The van der Waals surface area contributed by atoms with Crippen LogP contribution in [-0.2, 0) is 0 Å². The lowest BCUT2D eigenvalue weighted by Gasteiger charge is -2.32. The summed E-state index contributed by atoms with van der Waals surface area (Å²) in [4.78, 5) is -0.401. The molecule has 0 radical (unpaired) electrons. The van der Waals surface area contributed by atoms with Crippen molar-refractivity contribution in [2.45, 2.75) is 15.3 Å². The number of hydrogen-bond donors (Lipinski definition) is 0. The second-order valence-electron chi connectivity index (χ2n) is 4.26. The normalized spacial score (nSPS) is 17.5. The number of alkyl halides is 3. The molecule has 0 aliphatic carbocycles. The van der Waals surface area contributed by atoms with E-state index in [9.17, 15) is 22.0 Å². The van der Waals surface area contributed by atoms with Gasteiger partial charge in [-0.2, -0.15) is 13.2 Å². The molecule has 106 valence electrons. The molecular formula is C13H6ClF5S. The molecule has 0 fully saturated rings. The predicted molar refractivity (Wildman–Crippen MR) is 67.8 cm³/mol. The fraction of sp³-hybridized carbons (Fsp3) is 0.0769. The minimum Gasteiger partial charge on any atom is -0.207 e. The van der Waals surface area contributed by atoms with E-state index in [2.05, 4.69) is 0 Å². The third-order valence-electron chi connectivity index (χ3n) is 3.10. The summed E-state index contributed by atoms with van der Waals surface area (Å²) < 4.78 is 66.9. The lowest BCUT2D eigenvalue weighted by molar-refractivity contribution is -0.0365. The molecule has 0 nitrogen and oxygen atoms in total. The monoisotopic (exact) mass is 324 g/mol. The highest BCUT2D eigenvalue weighted by molar-refractivity contribution is 8.52. The Labute approximate surface area is 117 Å². The molecule has 2 aromatic rings. The van der Waals surface area contributed by atoms with E-state index in [1.165, 1.54) is 0 Å². The van der Waals surface area contributed by atoms with E-state index in [1.807, 2.05) is 0 Å². The van der Waals surface area contributed by atoms with Crippen molar-refractivity contribution >= 4 is 19.9 Å². The summed E-state index contributed by atoms with van der Waals surface area (Å²) in [5.74, 6) is -1.39. The summed E-state index contributed by atoms with van der Waals surface area (Å²) in [6, 6.07) is 5.82. The van der Waals surface area contributed by atoms with Gasteiger partial charge in [-0.3, -0.25) is 0 Å². The SMILES string of the molecule is Fc1ccc2c(c1)-c1cc(F)ccc1S2(Cl)C(F)(F)F. The predicted octanol–water partition coefficient (Wildman–Crippen LogP) is 5.84. The smallest absolute Gasteiger partial charge is 0.207 e. The zero-order valence-electron chi connectivity index (χ0n) is 9.64. The fourth-order valence-electron chi connectivity index (χ4n) is 2.28. The van der Waals surface area contributed by atoms with Gasteiger partial charge in [0.1, 0.15) is 11.6 Å². The number of benzene rings is 2. The molecule has 1 aliphatic heterocycles. The number of halogens is 6. The average molecular weight is 325 g/mol. The molecule has 0 N–H and O–H groups in total. The quantitative estimate of drug-likeness (QED) is 0.534. The second kappa shape index (κ2) is 4.11. The first-order chi connectivity index (χ1) is 9.25. The van der Waals surface area contributed by atoms with Gasteiger partial charge in [0.25, 0.3) is 0 Å². The molecule has 0 atom stereocenters. The van der Waals surface area contributed by atoms with E-state index in [-0.39, 0.29) is 20.9 Å². The van der Waals surface area contributed by atoms with Crippen LogP contribution >= 0.6 is 19.9 Å². The first-order valence-electron chi connectivity index (χ1n) is 5.44. The van der Waals surface area contributed by atoms with Crippen molar-refractivity contribution in [2.24, 2.45) is 0 Å². The molecule has 2 aromatic carbocycles. The summed E-state index contributed by atoms with van der Waals surface area (Å²) in [6.07, 6.45) is 0. The molecule has 0 amide bonds. The van der Waals surface area contributed by atoms with Crippen LogP contribution in [0, 0.1) is 11.6 Å². The second-order valence-corrected chi connectivity index (χ2v) is 8.07. The van der Waals surface area contributed by atoms with Crippen LogP contribution in [0.4, 0.5) is 22.0 Å². The van der Waals surface area contributed by atoms with Gasteiger partial charge in [-0.1, -0.05) is 0 Å². The first kappa shape index (κ1) is 13.7. The van der Waals surface area contributed by atoms with Crippen LogP contribution in [0.2, 0.25) is 0 Å². The van der Waals surface area contributed by atoms with Gasteiger partial charge in [-0.15, -0.1) is 0 Å². The van der Waals surface area contributed by atoms with Crippen LogP contribution in [-0.4, -0.2) is 5.51 Å². The Morgan fingerprint density at radius 3 is 1.55 bits per heavy atom. The molecule has 3 rings (SSSR count). The Morgan fingerprint density at radius 1 is 0.800 bits per heavy atom. The Hall–Kier alpha value is -1.27. The van der Waals surface area contributed by atoms with Gasteiger partial charge in [-0.05, 0) is 67.4 Å². The average Bonchev–Trinajstić information content (AvgIpc) is 2.59. The lowest BCUT2D eigenvalue weighted by atomic mass is 10.1. The fourth-order valence-corrected chi connectivity index (χ4v) is 5.28. The van der Waals surface area contributed by atoms with Gasteiger partial charge in [-0.25, -0.2) is 8.78 Å². The summed E-state index contributed by atoms with van der Waals surface area (Å²) in [5.41, 5.74) is -4.70. The largest absolute Gasteiger partial charge is 0.446 e. The van der Waals surface area contributed by atoms with Crippen LogP contribution in [0.25, 0.3) is 11.1 Å². The van der Waals surface area contributed by atoms with Gasteiger partial charge < -0.3 is 0 Å². The Kier molecular flexibility index (Phi) is 2.82. The molecule has 0 unspecified atom stereocenters. The maximum atomic E-state index is 13.4. The van der Waals surface area contributed by atoms with Crippen molar-refractivity contribution in [1.82, 2.24) is 0 Å². The van der Waals surface area contributed by atoms with Crippen LogP contribution in [0.3, 0.4) is 0 Å². The molecule has 0 spiro atoms. The van der Waals surface area contributed by atoms with Crippen LogP contribution in [0.15, 0.2) is 46.2 Å². The van der Waals surface area contributed by atoms with E-state index in [1.54, 1.807) is 0 Å². The Bertz CT molecular complexity index is 659. The summed E-state index contributed by atoms with van der Waals surface area (Å²) in [5, 5.41) is 0. The highest BCUT2D eigenvalue weighted by atomic mass is 35.7. The van der Waals surface area contributed by atoms with Gasteiger partial charge in [0.2, 0.25) is 0 Å². The van der Waals surface area contributed by atoms with E-state index < -0.39 is 26.4 Å². The van der Waals surface area contributed by atoms with Crippen molar-refractivity contribution in [2.75, 3.05) is 0 Å². The van der Waals surface area contributed by atoms with Crippen molar-refractivity contribution in [3.05, 3.63) is 48.0 Å². The molecule has 0 bridgehead atoms.